The van der Waals surface area contributed by atoms with Crippen molar-refractivity contribution >= 4 is 5.91 Å². The minimum absolute atomic E-state index is 0.153. The van der Waals surface area contributed by atoms with Gasteiger partial charge in [0.25, 0.3) is 5.91 Å². The van der Waals surface area contributed by atoms with Gasteiger partial charge in [-0.05, 0) is 25.7 Å². The van der Waals surface area contributed by atoms with Gasteiger partial charge in [0, 0.05) is 19.3 Å². The Balaban J connectivity index is 2.52. The number of carbonyl (C=O) groups excluding carboxylic acids is 1. The SMILES string of the molecule is CCN(C)CCNC(=O)c1cccnc1OC. The van der Waals surface area contributed by atoms with Crippen LogP contribution >= 0.6 is 0 Å². The van der Waals surface area contributed by atoms with Crippen LogP contribution in [-0.2, 0) is 0 Å². The number of amides is 1. The second kappa shape index (κ2) is 6.85. The summed E-state index contributed by atoms with van der Waals surface area (Å²) in [6, 6.07) is 3.42. The fourth-order valence-corrected chi connectivity index (χ4v) is 1.34. The van der Waals surface area contributed by atoms with Crippen LogP contribution in [-0.4, -0.2) is 49.6 Å². The molecule has 94 valence electrons. The van der Waals surface area contributed by atoms with Crippen molar-refractivity contribution in [2.45, 2.75) is 6.92 Å². The van der Waals surface area contributed by atoms with Gasteiger partial charge in [-0.25, -0.2) is 4.98 Å². The van der Waals surface area contributed by atoms with E-state index in [-0.39, 0.29) is 5.91 Å². The maximum Gasteiger partial charge on any atom is 0.256 e. The average Bonchev–Trinajstić information content (AvgIpc) is 2.38. The molecule has 0 aliphatic heterocycles. The number of ether oxygens (including phenoxy) is 1. The number of nitrogens with zero attached hydrogens (tertiary/aromatic N) is 2. The van der Waals surface area contributed by atoms with Crippen LogP contribution in [0.15, 0.2) is 18.3 Å². The lowest BCUT2D eigenvalue weighted by Gasteiger charge is -2.14. The number of nitrogens with one attached hydrogen (secondary N) is 1. The number of hydrogen-bond donors (Lipinski definition) is 1. The molecule has 1 amide bonds. The van der Waals surface area contributed by atoms with Crippen molar-refractivity contribution in [3.8, 4) is 5.88 Å². The first-order valence-electron chi connectivity index (χ1n) is 5.64. The lowest BCUT2D eigenvalue weighted by molar-refractivity contribution is 0.0946. The zero-order chi connectivity index (χ0) is 12.7. The molecule has 0 spiro atoms. The normalized spacial score (nSPS) is 10.4. The number of methoxy groups -OCH3 is 1. The van der Waals surface area contributed by atoms with Gasteiger partial charge in [-0.15, -0.1) is 0 Å². The number of likely N-dealkylation sites (N-methyl/N-ethyl adjacent to an activating group) is 1. The molecule has 0 unspecified atom stereocenters. The monoisotopic (exact) mass is 237 g/mol. The van der Waals surface area contributed by atoms with E-state index in [2.05, 4.69) is 22.1 Å². The van der Waals surface area contributed by atoms with Crippen LogP contribution < -0.4 is 10.1 Å². The minimum Gasteiger partial charge on any atom is -0.480 e. The second-order valence-electron chi connectivity index (χ2n) is 3.71. The first-order valence-corrected chi connectivity index (χ1v) is 5.64. The molecule has 1 N–H and O–H groups in total. The Kier molecular flexibility index (Phi) is 5.42. The van der Waals surface area contributed by atoms with E-state index in [0.29, 0.717) is 18.0 Å². The number of aromatic nitrogens is 1. The lowest BCUT2D eigenvalue weighted by atomic mass is 10.2. The number of pyridine rings is 1. The van der Waals surface area contributed by atoms with Crippen LogP contribution in [0, 0.1) is 0 Å². The van der Waals surface area contributed by atoms with Gasteiger partial charge in [-0.1, -0.05) is 6.92 Å². The molecular formula is C12H19N3O2. The Morgan fingerprint density at radius 2 is 2.35 bits per heavy atom. The van der Waals surface area contributed by atoms with E-state index in [1.54, 1.807) is 18.3 Å². The van der Waals surface area contributed by atoms with Gasteiger partial charge in [0.1, 0.15) is 5.56 Å². The Bertz CT molecular complexity index is 369. The van der Waals surface area contributed by atoms with Crippen molar-refractivity contribution < 1.29 is 9.53 Å². The maximum absolute atomic E-state index is 11.8. The summed E-state index contributed by atoms with van der Waals surface area (Å²) in [5.74, 6) is 0.202. The largest absolute Gasteiger partial charge is 0.480 e. The van der Waals surface area contributed by atoms with Crippen molar-refractivity contribution in [3.63, 3.8) is 0 Å². The van der Waals surface area contributed by atoms with Crippen molar-refractivity contribution in [2.75, 3.05) is 33.8 Å². The molecule has 5 nitrogen and oxygen atoms in total. The lowest BCUT2D eigenvalue weighted by Crippen LogP contribution is -2.33. The first-order chi connectivity index (χ1) is 8.19. The van der Waals surface area contributed by atoms with Crippen LogP contribution in [0.4, 0.5) is 0 Å². The third-order valence-corrected chi connectivity index (χ3v) is 2.53. The quantitative estimate of drug-likeness (QED) is 0.794. The highest BCUT2D eigenvalue weighted by atomic mass is 16.5. The zero-order valence-electron chi connectivity index (χ0n) is 10.6. The fraction of sp³-hybridized carbons (Fsp3) is 0.500. The van der Waals surface area contributed by atoms with Crippen molar-refractivity contribution in [1.29, 1.82) is 0 Å². The molecule has 1 aromatic rings. The molecule has 1 aromatic heterocycles. The van der Waals surface area contributed by atoms with Gasteiger partial charge in [0.15, 0.2) is 0 Å². The second-order valence-corrected chi connectivity index (χ2v) is 3.71. The highest BCUT2D eigenvalue weighted by molar-refractivity contribution is 5.96. The van der Waals surface area contributed by atoms with Crippen LogP contribution in [0.3, 0.4) is 0 Å². The van der Waals surface area contributed by atoms with E-state index in [9.17, 15) is 4.79 Å². The molecular weight excluding hydrogens is 218 g/mol. The van der Waals surface area contributed by atoms with Gasteiger partial charge in [0.2, 0.25) is 5.88 Å². The number of hydrogen-bond acceptors (Lipinski definition) is 4. The van der Waals surface area contributed by atoms with Gasteiger partial charge in [-0.3, -0.25) is 4.79 Å². The molecule has 0 aromatic carbocycles. The van der Waals surface area contributed by atoms with Gasteiger partial charge in [0.05, 0.1) is 7.11 Å². The van der Waals surface area contributed by atoms with E-state index in [1.165, 1.54) is 7.11 Å². The Morgan fingerprint density at radius 1 is 1.59 bits per heavy atom. The molecule has 1 rings (SSSR count). The molecule has 0 fully saturated rings. The molecule has 0 radical (unpaired) electrons. The maximum atomic E-state index is 11.8. The molecule has 0 bridgehead atoms. The van der Waals surface area contributed by atoms with Crippen molar-refractivity contribution in [1.82, 2.24) is 15.2 Å². The summed E-state index contributed by atoms with van der Waals surface area (Å²) in [5.41, 5.74) is 0.467. The predicted octanol–water partition coefficient (Wildman–Crippen LogP) is 0.772. The van der Waals surface area contributed by atoms with E-state index in [1.807, 2.05) is 7.05 Å². The van der Waals surface area contributed by atoms with E-state index in [4.69, 9.17) is 4.74 Å². The zero-order valence-corrected chi connectivity index (χ0v) is 10.6. The third kappa shape index (κ3) is 4.03. The van der Waals surface area contributed by atoms with Gasteiger partial charge < -0.3 is 15.0 Å². The number of carbonyl (C=O) groups is 1. The van der Waals surface area contributed by atoms with Crippen molar-refractivity contribution in [2.24, 2.45) is 0 Å². The topological polar surface area (TPSA) is 54.5 Å². The van der Waals surface area contributed by atoms with Crippen LogP contribution in [0.5, 0.6) is 5.88 Å². The molecule has 5 heteroatoms. The summed E-state index contributed by atoms with van der Waals surface area (Å²) in [6.07, 6.45) is 1.60. The summed E-state index contributed by atoms with van der Waals surface area (Å²) in [4.78, 5) is 18.0. The van der Waals surface area contributed by atoms with Gasteiger partial charge >= 0.3 is 0 Å². The van der Waals surface area contributed by atoms with E-state index < -0.39 is 0 Å². The highest BCUT2D eigenvalue weighted by Crippen LogP contribution is 2.12. The average molecular weight is 237 g/mol. The molecule has 0 atom stereocenters. The Morgan fingerprint density at radius 3 is 3.00 bits per heavy atom. The van der Waals surface area contributed by atoms with E-state index in [0.717, 1.165) is 13.1 Å². The molecule has 0 saturated carbocycles. The minimum atomic E-state index is -0.153. The van der Waals surface area contributed by atoms with Crippen LogP contribution in [0.2, 0.25) is 0 Å². The summed E-state index contributed by atoms with van der Waals surface area (Å²) in [6.45, 7) is 4.48. The standard InChI is InChI=1S/C12H19N3O2/c1-4-15(2)9-8-13-11(16)10-6-5-7-14-12(10)17-3/h5-7H,4,8-9H2,1-3H3,(H,13,16). The fourth-order valence-electron chi connectivity index (χ4n) is 1.34. The summed E-state index contributed by atoms with van der Waals surface area (Å²) in [5, 5.41) is 2.84. The molecule has 0 aliphatic carbocycles. The van der Waals surface area contributed by atoms with Gasteiger partial charge in [-0.2, -0.15) is 0 Å². The van der Waals surface area contributed by atoms with Crippen LogP contribution in [0.25, 0.3) is 0 Å². The summed E-state index contributed by atoms with van der Waals surface area (Å²) >= 11 is 0. The number of rotatable bonds is 6. The van der Waals surface area contributed by atoms with Crippen molar-refractivity contribution in [3.05, 3.63) is 23.9 Å². The Labute approximate surface area is 102 Å². The molecule has 0 aliphatic rings. The highest BCUT2D eigenvalue weighted by Gasteiger charge is 2.11. The predicted molar refractivity (Wildman–Crippen MR) is 66.3 cm³/mol. The van der Waals surface area contributed by atoms with E-state index >= 15 is 0 Å². The molecule has 17 heavy (non-hydrogen) atoms. The molecule has 0 saturated heterocycles. The summed E-state index contributed by atoms with van der Waals surface area (Å²) in [7, 11) is 3.51. The third-order valence-electron chi connectivity index (χ3n) is 2.53. The summed E-state index contributed by atoms with van der Waals surface area (Å²) < 4.78 is 5.03. The smallest absolute Gasteiger partial charge is 0.256 e. The Hall–Kier alpha value is -1.62. The first kappa shape index (κ1) is 13.4. The van der Waals surface area contributed by atoms with Crippen LogP contribution in [0.1, 0.15) is 17.3 Å². The molecule has 1 heterocycles.